The van der Waals surface area contributed by atoms with Crippen molar-refractivity contribution in [2.45, 2.75) is 6.92 Å². The van der Waals surface area contributed by atoms with Gasteiger partial charge in [-0.3, -0.25) is 0 Å². The molecule has 0 unspecified atom stereocenters. The molecule has 0 aliphatic heterocycles. The molecule has 1 amide bonds. The molecule has 0 aliphatic rings. The Bertz CT molecular complexity index is 866. The number of esters is 1. The van der Waals surface area contributed by atoms with Crippen molar-refractivity contribution in [1.82, 2.24) is 5.32 Å². The van der Waals surface area contributed by atoms with E-state index in [0.717, 1.165) is 10.8 Å². The average Bonchev–Trinajstić information content (AvgIpc) is 2.74. The molecule has 0 saturated carbocycles. The standard InChI is InChI=1S/C22H27NO7/c1-16(2)21(24)29-15-13-27-11-10-23-22(25)30-20-9-8-19(28-14-12-26-3)17-6-4-5-7-18(17)20/h4-9H,1,10-15H2,2-3H3,(H,23,25). The van der Waals surface area contributed by atoms with Crippen LogP contribution in [0.25, 0.3) is 10.8 Å². The van der Waals surface area contributed by atoms with Crippen LogP contribution in [0.2, 0.25) is 0 Å². The summed E-state index contributed by atoms with van der Waals surface area (Å²) in [4.78, 5) is 23.3. The molecule has 0 aromatic heterocycles. The molecule has 0 saturated heterocycles. The predicted molar refractivity (Wildman–Crippen MR) is 112 cm³/mol. The molecule has 30 heavy (non-hydrogen) atoms. The van der Waals surface area contributed by atoms with E-state index in [-0.39, 0.29) is 26.4 Å². The highest BCUT2D eigenvalue weighted by Gasteiger charge is 2.11. The normalized spacial score (nSPS) is 10.5. The molecule has 0 atom stereocenters. The number of methoxy groups -OCH3 is 1. The number of nitrogens with one attached hydrogen (secondary N) is 1. The van der Waals surface area contributed by atoms with Crippen LogP contribution in [0.5, 0.6) is 11.5 Å². The van der Waals surface area contributed by atoms with Crippen molar-refractivity contribution in [1.29, 1.82) is 0 Å². The van der Waals surface area contributed by atoms with Gasteiger partial charge in [0.25, 0.3) is 0 Å². The van der Waals surface area contributed by atoms with Gasteiger partial charge in [-0.15, -0.1) is 0 Å². The average molecular weight is 417 g/mol. The van der Waals surface area contributed by atoms with Crippen LogP contribution in [0.3, 0.4) is 0 Å². The Balaban J connectivity index is 1.79. The number of ether oxygens (including phenoxy) is 5. The van der Waals surface area contributed by atoms with Crippen LogP contribution >= 0.6 is 0 Å². The summed E-state index contributed by atoms with van der Waals surface area (Å²) in [7, 11) is 1.61. The molecule has 0 bridgehead atoms. The first kappa shape index (κ1) is 23.2. The maximum absolute atomic E-state index is 12.1. The zero-order valence-electron chi connectivity index (χ0n) is 17.3. The number of hydrogen-bond donors (Lipinski definition) is 1. The van der Waals surface area contributed by atoms with E-state index in [1.165, 1.54) is 0 Å². The fraction of sp³-hybridized carbons (Fsp3) is 0.364. The largest absolute Gasteiger partial charge is 0.491 e. The fourth-order valence-electron chi connectivity index (χ4n) is 2.47. The number of carbonyl (C=O) groups excluding carboxylic acids is 2. The molecule has 0 radical (unpaired) electrons. The summed E-state index contributed by atoms with van der Waals surface area (Å²) in [6.45, 7) is 6.83. The maximum atomic E-state index is 12.1. The topological polar surface area (TPSA) is 92.3 Å². The first-order valence-electron chi connectivity index (χ1n) is 9.52. The number of benzene rings is 2. The van der Waals surface area contributed by atoms with E-state index in [2.05, 4.69) is 11.9 Å². The first-order valence-corrected chi connectivity index (χ1v) is 9.52. The second kappa shape index (κ2) is 12.5. The quantitative estimate of drug-likeness (QED) is 0.322. The summed E-state index contributed by atoms with van der Waals surface area (Å²) < 4.78 is 26.3. The number of fused-ring (bicyclic) bond motifs is 1. The molecule has 2 aromatic carbocycles. The van der Waals surface area contributed by atoms with Crippen molar-refractivity contribution >= 4 is 22.8 Å². The van der Waals surface area contributed by atoms with Crippen molar-refractivity contribution in [3.8, 4) is 11.5 Å². The van der Waals surface area contributed by atoms with Gasteiger partial charge in [-0.25, -0.2) is 9.59 Å². The molecular weight excluding hydrogens is 390 g/mol. The second-order valence-electron chi connectivity index (χ2n) is 6.29. The van der Waals surface area contributed by atoms with Crippen molar-refractivity contribution in [3.63, 3.8) is 0 Å². The number of rotatable bonds is 12. The molecule has 2 rings (SSSR count). The summed E-state index contributed by atoms with van der Waals surface area (Å²) in [5.74, 6) is 0.661. The van der Waals surface area contributed by atoms with Gasteiger partial charge in [0.05, 0.1) is 19.8 Å². The Morgan fingerprint density at radius 2 is 1.63 bits per heavy atom. The molecule has 162 valence electrons. The molecule has 1 N–H and O–H groups in total. The highest BCUT2D eigenvalue weighted by molar-refractivity contribution is 5.94. The molecule has 8 nitrogen and oxygen atoms in total. The zero-order chi connectivity index (χ0) is 21.8. The molecule has 0 aliphatic carbocycles. The minimum absolute atomic E-state index is 0.126. The Hall–Kier alpha value is -3.10. The van der Waals surface area contributed by atoms with Gasteiger partial charge in [-0.05, 0) is 19.1 Å². The first-order chi connectivity index (χ1) is 14.5. The van der Waals surface area contributed by atoms with E-state index >= 15 is 0 Å². The lowest BCUT2D eigenvalue weighted by Gasteiger charge is -2.13. The lowest BCUT2D eigenvalue weighted by molar-refractivity contribution is -0.140. The molecule has 0 heterocycles. The van der Waals surface area contributed by atoms with Crippen molar-refractivity contribution in [3.05, 3.63) is 48.6 Å². The third kappa shape index (κ3) is 7.38. The summed E-state index contributed by atoms with van der Waals surface area (Å²) in [5, 5.41) is 4.22. The highest BCUT2D eigenvalue weighted by Crippen LogP contribution is 2.33. The van der Waals surface area contributed by atoms with Gasteiger partial charge in [0.15, 0.2) is 0 Å². The molecule has 0 fully saturated rings. The van der Waals surface area contributed by atoms with Gasteiger partial charge < -0.3 is 29.0 Å². The van der Waals surface area contributed by atoms with E-state index in [0.29, 0.717) is 30.3 Å². The molecular formula is C22H27NO7. The Morgan fingerprint density at radius 1 is 0.933 bits per heavy atom. The smallest absolute Gasteiger partial charge is 0.412 e. The third-order valence-electron chi connectivity index (χ3n) is 3.92. The van der Waals surface area contributed by atoms with Crippen molar-refractivity contribution < 1.29 is 33.3 Å². The van der Waals surface area contributed by atoms with Crippen LogP contribution in [0, 0.1) is 0 Å². The number of amides is 1. The predicted octanol–water partition coefficient (Wildman–Crippen LogP) is 3.09. The van der Waals surface area contributed by atoms with Crippen LogP contribution in [0.1, 0.15) is 6.92 Å². The lowest BCUT2D eigenvalue weighted by Crippen LogP contribution is -2.30. The van der Waals surface area contributed by atoms with E-state index in [1.54, 1.807) is 26.2 Å². The van der Waals surface area contributed by atoms with Crippen LogP contribution in [-0.2, 0) is 19.0 Å². The summed E-state index contributed by atoms with van der Waals surface area (Å²) in [5.41, 5.74) is 0.335. The van der Waals surface area contributed by atoms with Crippen LogP contribution in [0.15, 0.2) is 48.6 Å². The summed E-state index contributed by atoms with van der Waals surface area (Å²) >= 11 is 0. The summed E-state index contributed by atoms with van der Waals surface area (Å²) in [6, 6.07) is 11.0. The van der Waals surface area contributed by atoms with Gasteiger partial charge in [0.2, 0.25) is 0 Å². The Labute approximate surface area is 175 Å². The number of hydrogen-bond acceptors (Lipinski definition) is 7. The molecule has 0 spiro atoms. The van der Waals surface area contributed by atoms with Crippen molar-refractivity contribution in [2.24, 2.45) is 0 Å². The SMILES string of the molecule is C=C(C)C(=O)OCCOCCNC(=O)Oc1ccc(OCCOC)c2ccccc12. The van der Waals surface area contributed by atoms with Gasteiger partial charge in [-0.2, -0.15) is 0 Å². The van der Waals surface area contributed by atoms with Gasteiger partial charge >= 0.3 is 12.1 Å². The maximum Gasteiger partial charge on any atom is 0.412 e. The Morgan fingerprint density at radius 3 is 2.33 bits per heavy atom. The number of carbonyl (C=O) groups is 2. The molecule has 8 heteroatoms. The van der Waals surface area contributed by atoms with Gasteiger partial charge in [-0.1, -0.05) is 30.8 Å². The monoisotopic (exact) mass is 417 g/mol. The van der Waals surface area contributed by atoms with Gasteiger partial charge in [0.1, 0.15) is 24.7 Å². The van der Waals surface area contributed by atoms with E-state index in [1.807, 2.05) is 24.3 Å². The third-order valence-corrected chi connectivity index (χ3v) is 3.92. The minimum atomic E-state index is -0.592. The fourth-order valence-corrected chi connectivity index (χ4v) is 2.47. The highest BCUT2D eigenvalue weighted by atomic mass is 16.6. The van der Waals surface area contributed by atoms with Crippen LogP contribution in [-0.4, -0.2) is 58.8 Å². The summed E-state index contributed by atoms with van der Waals surface area (Å²) in [6.07, 6.45) is -0.592. The second-order valence-corrected chi connectivity index (χ2v) is 6.29. The molecule has 2 aromatic rings. The lowest BCUT2D eigenvalue weighted by atomic mass is 10.1. The zero-order valence-corrected chi connectivity index (χ0v) is 17.3. The van der Waals surface area contributed by atoms with Crippen LogP contribution < -0.4 is 14.8 Å². The van der Waals surface area contributed by atoms with Crippen LogP contribution in [0.4, 0.5) is 4.79 Å². The Kier molecular flexibility index (Phi) is 9.63. The van der Waals surface area contributed by atoms with E-state index < -0.39 is 12.1 Å². The van der Waals surface area contributed by atoms with E-state index in [4.69, 9.17) is 23.7 Å². The van der Waals surface area contributed by atoms with E-state index in [9.17, 15) is 9.59 Å². The van der Waals surface area contributed by atoms with Gasteiger partial charge in [0, 0.05) is 30.0 Å². The minimum Gasteiger partial charge on any atom is -0.491 e. The van der Waals surface area contributed by atoms with Crippen molar-refractivity contribution in [2.75, 3.05) is 46.7 Å².